The SMILES string of the molecule is CCCS(=O)(=O)NCC[C@@H]1CNC[C@H]1C. The molecule has 1 aliphatic heterocycles. The number of nitrogens with one attached hydrogen (secondary N) is 2. The lowest BCUT2D eigenvalue weighted by Gasteiger charge is -2.14. The second kappa shape index (κ2) is 5.82. The van der Waals surface area contributed by atoms with Gasteiger partial charge in [0.05, 0.1) is 5.75 Å². The van der Waals surface area contributed by atoms with E-state index in [4.69, 9.17) is 0 Å². The summed E-state index contributed by atoms with van der Waals surface area (Å²) in [6.45, 7) is 6.76. The zero-order chi connectivity index (χ0) is 11.3. The van der Waals surface area contributed by atoms with Crippen LogP contribution in [-0.2, 0) is 10.0 Å². The molecule has 90 valence electrons. The molecule has 2 atom stereocenters. The average molecular weight is 234 g/mol. The molecule has 15 heavy (non-hydrogen) atoms. The van der Waals surface area contributed by atoms with Crippen LogP contribution in [0.4, 0.5) is 0 Å². The predicted molar refractivity (Wildman–Crippen MR) is 62.2 cm³/mol. The van der Waals surface area contributed by atoms with E-state index in [9.17, 15) is 8.42 Å². The van der Waals surface area contributed by atoms with Crippen molar-refractivity contribution < 1.29 is 8.42 Å². The average Bonchev–Trinajstić information content (AvgIpc) is 2.51. The molecule has 1 aliphatic rings. The van der Waals surface area contributed by atoms with Crippen molar-refractivity contribution >= 4 is 10.0 Å². The first-order valence-corrected chi connectivity index (χ1v) is 7.38. The van der Waals surface area contributed by atoms with Gasteiger partial charge in [0, 0.05) is 6.54 Å². The summed E-state index contributed by atoms with van der Waals surface area (Å²) in [6.07, 6.45) is 1.62. The van der Waals surface area contributed by atoms with Crippen molar-refractivity contribution in [1.82, 2.24) is 10.0 Å². The fourth-order valence-electron chi connectivity index (χ4n) is 1.99. The molecule has 4 nitrogen and oxygen atoms in total. The van der Waals surface area contributed by atoms with E-state index in [0.29, 0.717) is 24.8 Å². The van der Waals surface area contributed by atoms with Gasteiger partial charge in [-0.25, -0.2) is 13.1 Å². The highest BCUT2D eigenvalue weighted by molar-refractivity contribution is 7.89. The Balaban J connectivity index is 2.21. The Morgan fingerprint density at radius 3 is 2.67 bits per heavy atom. The highest BCUT2D eigenvalue weighted by Gasteiger charge is 2.22. The van der Waals surface area contributed by atoms with E-state index in [2.05, 4.69) is 17.0 Å². The van der Waals surface area contributed by atoms with Crippen molar-refractivity contribution in [2.75, 3.05) is 25.4 Å². The first-order valence-electron chi connectivity index (χ1n) is 5.73. The Kier molecular flexibility index (Phi) is 5.02. The van der Waals surface area contributed by atoms with Crippen molar-refractivity contribution in [2.24, 2.45) is 11.8 Å². The second-order valence-corrected chi connectivity index (χ2v) is 6.32. The molecule has 0 aromatic heterocycles. The molecule has 0 bridgehead atoms. The van der Waals surface area contributed by atoms with Crippen LogP contribution in [0.15, 0.2) is 0 Å². The quantitative estimate of drug-likeness (QED) is 0.706. The van der Waals surface area contributed by atoms with Crippen LogP contribution in [0, 0.1) is 11.8 Å². The maximum Gasteiger partial charge on any atom is 0.211 e. The Hall–Kier alpha value is -0.130. The number of sulfonamides is 1. The summed E-state index contributed by atoms with van der Waals surface area (Å²) in [5, 5.41) is 3.32. The number of hydrogen-bond acceptors (Lipinski definition) is 3. The minimum absolute atomic E-state index is 0.242. The molecular formula is C10H22N2O2S. The molecule has 0 spiro atoms. The largest absolute Gasteiger partial charge is 0.316 e. The third-order valence-corrected chi connectivity index (χ3v) is 4.58. The van der Waals surface area contributed by atoms with Crippen LogP contribution >= 0.6 is 0 Å². The molecule has 0 aliphatic carbocycles. The van der Waals surface area contributed by atoms with E-state index in [1.54, 1.807) is 0 Å². The fraction of sp³-hybridized carbons (Fsp3) is 1.00. The lowest BCUT2D eigenvalue weighted by atomic mass is 9.95. The van der Waals surface area contributed by atoms with Crippen molar-refractivity contribution in [3.8, 4) is 0 Å². The van der Waals surface area contributed by atoms with Crippen molar-refractivity contribution in [2.45, 2.75) is 26.7 Å². The normalized spacial score (nSPS) is 27.1. The van der Waals surface area contributed by atoms with Crippen LogP contribution < -0.4 is 10.0 Å². The van der Waals surface area contributed by atoms with Crippen molar-refractivity contribution in [1.29, 1.82) is 0 Å². The van der Waals surface area contributed by atoms with Gasteiger partial charge in [-0.2, -0.15) is 0 Å². The highest BCUT2D eigenvalue weighted by Crippen LogP contribution is 2.18. The van der Waals surface area contributed by atoms with E-state index < -0.39 is 10.0 Å². The minimum Gasteiger partial charge on any atom is -0.316 e. The molecule has 0 saturated carbocycles. The summed E-state index contributed by atoms with van der Waals surface area (Å²) < 4.78 is 25.4. The molecule has 0 aromatic rings. The van der Waals surface area contributed by atoms with E-state index in [0.717, 1.165) is 19.5 Å². The van der Waals surface area contributed by atoms with Gasteiger partial charge in [-0.05, 0) is 37.8 Å². The van der Waals surface area contributed by atoms with Crippen molar-refractivity contribution in [3.63, 3.8) is 0 Å². The molecule has 1 heterocycles. The first-order chi connectivity index (χ1) is 7.05. The van der Waals surface area contributed by atoms with Crippen LogP contribution in [0.5, 0.6) is 0 Å². The summed E-state index contributed by atoms with van der Waals surface area (Å²) in [5.74, 6) is 1.53. The Morgan fingerprint density at radius 2 is 2.13 bits per heavy atom. The second-order valence-electron chi connectivity index (χ2n) is 4.40. The Bertz CT molecular complexity index is 277. The number of rotatable bonds is 6. The third kappa shape index (κ3) is 4.49. The molecule has 1 saturated heterocycles. The maximum absolute atomic E-state index is 11.4. The molecule has 0 radical (unpaired) electrons. The molecule has 1 fully saturated rings. The van der Waals surface area contributed by atoms with Gasteiger partial charge in [0.15, 0.2) is 0 Å². The van der Waals surface area contributed by atoms with Crippen LogP contribution in [0.2, 0.25) is 0 Å². The van der Waals surface area contributed by atoms with Gasteiger partial charge in [0.2, 0.25) is 10.0 Å². The molecule has 5 heteroatoms. The number of hydrogen-bond donors (Lipinski definition) is 2. The summed E-state index contributed by atoms with van der Waals surface area (Å²) in [5.41, 5.74) is 0. The van der Waals surface area contributed by atoms with Gasteiger partial charge >= 0.3 is 0 Å². The van der Waals surface area contributed by atoms with Crippen LogP contribution in [0.25, 0.3) is 0 Å². The van der Waals surface area contributed by atoms with E-state index in [-0.39, 0.29) is 5.75 Å². The standard InChI is InChI=1S/C10H22N2O2S/c1-3-6-15(13,14)12-5-4-10-8-11-7-9(10)2/h9-12H,3-8H2,1-2H3/t9-,10-/m1/s1. The lowest BCUT2D eigenvalue weighted by molar-refractivity contribution is 0.421. The monoisotopic (exact) mass is 234 g/mol. The topological polar surface area (TPSA) is 58.2 Å². The van der Waals surface area contributed by atoms with Crippen LogP contribution in [0.1, 0.15) is 26.7 Å². The zero-order valence-electron chi connectivity index (χ0n) is 9.62. The molecular weight excluding hydrogens is 212 g/mol. The van der Waals surface area contributed by atoms with Crippen LogP contribution in [0.3, 0.4) is 0 Å². The minimum atomic E-state index is -3.01. The Labute approximate surface area is 92.9 Å². The first kappa shape index (κ1) is 12.9. The summed E-state index contributed by atoms with van der Waals surface area (Å²) in [7, 11) is -3.01. The van der Waals surface area contributed by atoms with Gasteiger partial charge in [0.25, 0.3) is 0 Å². The maximum atomic E-state index is 11.4. The van der Waals surface area contributed by atoms with E-state index in [1.807, 2.05) is 6.92 Å². The molecule has 2 N–H and O–H groups in total. The Morgan fingerprint density at radius 1 is 1.40 bits per heavy atom. The van der Waals surface area contributed by atoms with Gasteiger partial charge in [0.1, 0.15) is 0 Å². The summed E-state index contributed by atoms with van der Waals surface area (Å²) in [6, 6.07) is 0. The predicted octanol–water partition coefficient (Wildman–Crippen LogP) is 0.561. The van der Waals surface area contributed by atoms with Gasteiger partial charge in [-0.3, -0.25) is 0 Å². The smallest absolute Gasteiger partial charge is 0.211 e. The fourth-order valence-corrected chi connectivity index (χ4v) is 3.10. The third-order valence-electron chi connectivity index (χ3n) is 2.99. The lowest BCUT2D eigenvalue weighted by Crippen LogP contribution is -2.29. The van der Waals surface area contributed by atoms with Crippen molar-refractivity contribution in [3.05, 3.63) is 0 Å². The van der Waals surface area contributed by atoms with E-state index >= 15 is 0 Å². The summed E-state index contributed by atoms with van der Waals surface area (Å²) in [4.78, 5) is 0. The van der Waals surface area contributed by atoms with Gasteiger partial charge < -0.3 is 5.32 Å². The molecule has 0 aromatic carbocycles. The van der Waals surface area contributed by atoms with Gasteiger partial charge in [-0.15, -0.1) is 0 Å². The van der Waals surface area contributed by atoms with Gasteiger partial charge in [-0.1, -0.05) is 13.8 Å². The zero-order valence-corrected chi connectivity index (χ0v) is 10.4. The van der Waals surface area contributed by atoms with E-state index in [1.165, 1.54) is 0 Å². The summed E-state index contributed by atoms with van der Waals surface area (Å²) >= 11 is 0. The molecule has 0 unspecified atom stereocenters. The molecule has 1 rings (SSSR count). The molecule has 0 amide bonds. The highest BCUT2D eigenvalue weighted by atomic mass is 32.2. The van der Waals surface area contributed by atoms with Crippen LogP contribution in [-0.4, -0.2) is 33.8 Å².